The molecular formula is C43H76N6O10. The third-order valence-corrected chi connectivity index (χ3v) is 11.8. The van der Waals surface area contributed by atoms with Crippen LogP contribution in [-0.2, 0) is 44.6 Å². The Labute approximate surface area is 352 Å². The second-order valence-electron chi connectivity index (χ2n) is 16.7. The molecular weight excluding hydrogens is 761 g/mol. The smallest absolute Gasteiger partial charge is 0.245 e. The van der Waals surface area contributed by atoms with Gasteiger partial charge in [0, 0.05) is 34.4 Å². The Bertz CT molecular complexity index is 1400. The summed E-state index contributed by atoms with van der Waals surface area (Å²) in [6.45, 7) is 15.4. The lowest BCUT2D eigenvalue weighted by molar-refractivity contribution is -0.148. The number of likely N-dealkylation sites (N-methyl/N-ethyl adjacent to an activating group) is 2. The van der Waals surface area contributed by atoms with E-state index in [0.717, 1.165) is 5.56 Å². The number of carbonyl (C=O) groups is 4. The molecule has 0 saturated carbocycles. The standard InChI is InChI=1S/C43H76N6O10/c1-12-29(6)38(48(9)42(53)36(27(2)3)46-41(52)37(28(4)5)47(8)21-22-58-23-24-59-44)34(56-10)26-35(50)49-20-16-19-33(49)39(57-11)30(7)40(51)45-32(43(54)55)25-31-17-14-13-15-18-31/h13-15,17-18,27-30,32-34,36-39,43,54-55H,12,16,19-26,44H2,1-11H3,(H,45,51)(H,46,52)/t29-,30+,32-,33-,34+,36-,37-,38-,39+/m0/s1. The van der Waals surface area contributed by atoms with E-state index < -0.39 is 60.5 Å². The first-order chi connectivity index (χ1) is 27.9. The van der Waals surface area contributed by atoms with E-state index in [1.807, 2.05) is 83.8 Å². The number of hydrogen-bond acceptors (Lipinski definition) is 12. The van der Waals surface area contributed by atoms with Crippen LogP contribution in [0.3, 0.4) is 0 Å². The van der Waals surface area contributed by atoms with Gasteiger partial charge in [-0.2, -0.15) is 0 Å². The number of aliphatic hydroxyl groups is 2. The third kappa shape index (κ3) is 15.3. The van der Waals surface area contributed by atoms with E-state index in [4.69, 9.17) is 20.1 Å². The molecule has 2 rings (SSSR count). The lowest BCUT2D eigenvalue weighted by atomic mass is 9.89. The Morgan fingerprint density at radius 2 is 1.58 bits per heavy atom. The average Bonchev–Trinajstić information content (AvgIpc) is 3.68. The monoisotopic (exact) mass is 837 g/mol. The molecule has 6 N–H and O–H groups in total. The summed E-state index contributed by atoms with van der Waals surface area (Å²) in [6.07, 6.45) is -0.914. The van der Waals surface area contributed by atoms with Gasteiger partial charge in [-0.3, -0.25) is 24.1 Å². The molecule has 0 radical (unpaired) electrons. The lowest BCUT2D eigenvalue weighted by Gasteiger charge is -2.41. The summed E-state index contributed by atoms with van der Waals surface area (Å²) in [5.41, 5.74) is 0.839. The summed E-state index contributed by atoms with van der Waals surface area (Å²) < 4.78 is 17.5. The lowest BCUT2D eigenvalue weighted by Crippen LogP contribution is -2.60. The summed E-state index contributed by atoms with van der Waals surface area (Å²) in [7, 11) is 6.61. The molecule has 1 aliphatic rings. The molecule has 338 valence electrons. The molecule has 1 aromatic rings. The number of methoxy groups -OCH3 is 2. The maximum absolute atomic E-state index is 14.4. The van der Waals surface area contributed by atoms with Crippen molar-refractivity contribution in [1.29, 1.82) is 0 Å². The first kappa shape index (κ1) is 51.9. The normalized spacial score (nSPS) is 18.7. The number of nitrogens with one attached hydrogen (secondary N) is 2. The fraction of sp³-hybridized carbons (Fsp3) is 0.767. The number of nitrogens with two attached hydrogens (primary N) is 1. The van der Waals surface area contributed by atoms with E-state index in [2.05, 4.69) is 15.5 Å². The van der Waals surface area contributed by atoms with E-state index >= 15 is 0 Å². The highest BCUT2D eigenvalue weighted by molar-refractivity contribution is 5.90. The summed E-state index contributed by atoms with van der Waals surface area (Å²) in [6, 6.07) is 6.02. The minimum atomic E-state index is -1.78. The van der Waals surface area contributed by atoms with Gasteiger partial charge in [0.25, 0.3) is 0 Å². The van der Waals surface area contributed by atoms with Gasteiger partial charge in [-0.1, -0.05) is 85.2 Å². The molecule has 0 aliphatic carbocycles. The molecule has 0 bridgehead atoms. The van der Waals surface area contributed by atoms with Crippen LogP contribution in [-0.4, -0.2) is 158 Å². The maximum atomic E-state index is 14.4. The Morgan fingerprint density at radius 1 is 0.915 bits per heavy atom. The zero-order valence-corrected chi connectivity index (χ0v) is 37.5. The van der Waals surface area contributed by atoms with Gasteiger partial charge in [-0.05, 0) is 49.6 Å². The molecule has 59 heavy (non-hydrogen) atoms. The van der Waals surface area contributed by atoms with Gasteiger partial charge in [0.15, 0.2) is 6.29 Å². The minimum Gasteiger partial charge on any atom is -0.379 e. The molecule has 16 nitrogen and oxygen atoms in total. The Kier molecular flexibility index (Phi) is 23.0. The predicted octanol–water partition coefficient (Wildman–Crippen LogP) is 1.95. The molecule has 16 heteroatoms. The first-order valence-electron chi connectivity index (χ1n) is 21.2. The first-order valence-corrected chi connectivity index (χ1v) is 21.2. The van der Waals surface area contributed by atoms with Crippen LogP contribution in [0.5, 0.6) is 0 Å². The largest absolute Gasteiger partial charge is 0.379 e. The van der Waals surface area contributed by atoms with E-state index in [0.29, 0.717) is 45.6 Å². The van der Waals surface area contributed by atoms with Crippen LogP contribution < -0.4 is 16.5 Å². The Hall–Kier alpha value is -3.22. The molecule has 0 spiro atoms. The molecule has 1 heterocycles. The Morgan fingerprint density at radius 3 is 2.12 bits per heavy atom. The zero-order valence-electron chi connectivity index (χ0n) is 37.5. The van der Waals surface area contributed by atoms with Crippen molar-refractivity contribution in [2.45, 2.75) is 129 Å². The third-order valence-electron chi connectivity index (χ3n) is 11.8. The number of hydrogen-bond donors (Lipinski definition) is 5. The maximum Gasteiger partial charge on any atom is 0.245 e. The molecule has 0 aromatic heterocycles. The highest BCUT2D eigenvalue weighted by Gasteiger charge is 2.43. The topological polar surface area (TPSA) is 205 Å². The van der Waals surface area contributed by atoms with Gasteiger partial charge in [-0.25, -0.2) is 5.90 Å². The highest BCUT2D eigenvalue weighted by atomic mass is 16.6. The summed E-state index contributed by atoms with van der Waals surface area (Å²) in [5.74, 6) is 2.83. The molecule has 1 fully saturated rings. The second-order valence-corrected chi connectivity index (χ2v) is 16.7. The number of ether oxygens (including phenoxy) is 3. The summed E-state index contributed by atoms with van der Waals surface area (Å²) in [4.78, 5) is 66.0. The highest BCUT2D eigenvalue weighted by Crippen LogP contribution is 2.30. The van der Waals surface area contributed by atoms with Crippen molar-refractivity contribution < 1.29 is 48.4 Å². The van der Waals surface area contributed by atoms with Crippen molar-refractivity contribution in [2.24, 2.45) is 29.6 Å². The van der Waals surface area contributed by atoms with Crippen molar-refractivity contribution in [1.82, 2.24) is 25.3 Å². The fourth-order valence-electron chi connectivity index (χ4n) is 8.26. The van der Waals surface area contributed by atoms with Gasteiger partial charge in [0.2, 0.25) is 23.6 Å². The van der Waals surface area contributed by atoms with E-state index in [1.165, 1.54) is 14.2 Å². The van der Waals surface area contributed by atoms with Gasteiger partial charge in [-0.15, -0.1) is 0 Å². The summed E-state index contributed by atoms with van der Waals surface area (Å²) >= 11 is 0. The minimum absolute atomic E-state index is 0.0229. The number of aliphatic hydroxyl groups excluding tert-OH is 1. The number of likely N-dealkylation sites (tertiary alicyclic amines) is 1. The number of rotatable bonds is 27. The van der Waals surface area contributed by atoms with Crippen LogP contribution in [0.15, 0.2) is 30.3 Å². The van der Waals surface area contributed by atoms with Crippen molar-refractivity contribution in [3.05, 3.63) is 35.9 Å². The molecule has 1 aromatic carbocycles. The van der Waals surface area contributed by atoms with E-state index in [1.54, 1.807) is 23.8 Å². The van der Waals surface area contributed by atoms with Crippen LogP contribution in [0, 0.1) is 23.7 Å². The number of benzene rings is 1. The molecule has 9 atom stereocenters. The number of carbonyl (C=O) groups excluding carboxylic acids is 4. The van der Waals surface area contributed by atoms with Crippen LogP contribution in [0.1, 0.15) is 79.7 Å². The van der Waals surface area contributed by atoms with Gasteiger partial charge in [0.1, 0.15) is 6.04 Å². The molecule has 1 saturated heterocycles. The SMILES string of the molecule is CC[C@H](C)[C@@H]([C@@H](CC(=O)N1CCC[C@H]1[C@H](OC)[C@@H](C)C(=O)N[C@@H](Cc1ccccc1)C(O)O)OC)N(C)C(=O)[C@@H](NC(=O)[C@H](C(C)C)N(C)CCOCCON)C(C)C. The van der Waals surface area contributed by atoms with Crippen LogP contribution in [0.4, 0.5) is 0 Å². The van der Waals surface area contributed by atoms with Crippen molar-refractivity contribution in [3.63, 3.8) is 0 Å². The Balaban J connectivity index is 2.25. The van der Waals surface area contributed by atoms with Crippen LogP contribution in [0.2, 0.25) is 0 Å². The van der Waals surface area contributed by atoms with Gasteiger partial charge < -0.3 is 49.7 Å². The van der Waals surface area contributed by atoms with Gasteiger partial charge in [0.05, 0.1) is 68.5 Å². The van der Waals surface area contributed by atoms with Gasteiger partial charge >= 0.3 is 0 Å². The van der Waals surface area contributed by atoms with Crippen LogP contribution >= 0.6 is 0 Å². The van der Waals surface area contributed by atoms with E-state index in [9.17, 15) is 29.4 Å². The zero-order chi connectivity index (χ0) is 44.4. The quantitative estimate of drug-likeness (QED) is 0.0490. The van der Waals surface area contributed by atoms with Crippen molar-refractivity contribution in [2.75, 3.05) is 61.2 Å². The molecule has 0 unspecified atom stereocenters. The second kappa shape index (κ2) is 26.2. The summed E-state index contributed by atoms with van der Waals surface area (Å²) in [5, 5.41) is 26.0. The van der Waals surface area contributed by atoms with Crippen molar-refractivity contribution in [3.8, 4) is 0 Å². The number of nitrogens with zero attached hydrogens (tertiary/aromatic N) is 3. The van der Waals surface area contributed by atoms with Crippen molar-refractivity contribution >= 4 is 23.6 Å². The van der Waals surface area contributed by atoms with E-state index in [-0.39, 0.29) is 54.9 Å². The molecule has 1 aliphatic heterocycles. The average molecular weight is 837 g/mol. The molecule has 4 amide bonds. The number of amides is 4. The fourth-order valence-corrected chi connectivity index (χ4v) is 8.26. The van der Waals surface area contributed by atoms with Crippen LogP contribution in [0.25, 0.3) is 0 Å². The predicted molar refractivity (Wildman–Crippen MR) is 225 cm³/mol.